The molecule has 0 spiro atoms. The van der Waals surface area contributed by atoms with Crippen LogP contribution >= 0.6 is 0 Å². The molecule has 2 amide bonds. The highest BCUT2D eigenvalue weighted by Crippen LogP contribution is 2.31. The fourth-order valence-corrected chi connectivity index (χ4v) is 4.87. The monoisotopic (exact) mass is 370 g/mol. The molecule has 1 aromatic rings. The highest BCUT2D eigenvalue weighted by Gasteiger charge is 2.30. The van der Waals surface area contributed by atoms with Crippen LogP contribution in [0.4, 0.5) is 0 Å². The van der Waals surface area contributed by atoms with Gasteiger partial charge in [0.15, 0.2) is 5.82 Å². The molecule has 27 heavy (non-hydrogen) atoms. The molecule has 1 aromatic heterocycles. The minimum absolute atomic E-state index is 0.00331. The molecule has 2 fully saturated rings. The van der Waals surface area contributed by atoms with E-state index in [4.69, 9.17) is 4.98 Å². The normalized spacial score (nSPS) is 23.4. The van der Waals surface area contributed by atoms with Crippen LogP contribution in [0, 0.1) is 5.92 Å². The number of amides is 2. The molecule has 6 heteroatoms. The second kappa shape index (κ2) is 7.95. The second-order valence-electron chi connectivity index (χ2n) is 8.34. The summed E-state index contributed by atoms with van der Waals surface area (Å²) in [6, 6.07) is 0.00331. The van der Waals surface area contributed by atoms with Gasteiger partial charge in [-0.1, -0.05) is 12.8 Å². The van der Waals surface area contributed by atoms with Crippen LogP contribution in [-0.4, -0.2) is 44.7 Å². The average molecular weight is 370 g/mol. The van der Waals surface area contributed by atoms with E-state index in [9.17, 15) is 9.59 Å². The quantitative estimate of drug-likeness (QED) is 0.820. The number of fused-ring (bicyclic) bond motifs is 1. The van der Waals surface area contributed by atoms with E-state index in [0.29, 0.717) is 18.9 Å². The van der Waals surface area contributed by atoms with Gasteiger partial charge in [-0.3, -0.25) is 9.59 Å². The van der Waals surface area contributed by atoms with Crippen LogP contribution < -0.4 is 0 Å². The Balaban J connectivity index is 1.44. The summed E-state index contributed by atoms with van der Waals surface area (Å²) in [6.45, 7) is 3.80. The number of hydrogen-bond donors (Lipinski definition) is 0. The molecular formula is C21H30N4O2. The molecule has 0 unspecified atom stereocenters. The first-order valence-electron chi connectivity index (χ1n) is 10.5. The van der Waals surface area contributed by atoms with Gasteiger partial charge in [-0.2, -0.15) is 0 Å². The van der Waals surface area contributed by atoms with Gasteiger partial charge in [-0.05, 0) is 38.0 Å². The Hall–Kier alpha value is -1.98. The first-order chi connectivity index (χ1) is 13.1. The smallest absolute Gasteiger partial charge is 0.223 e. The fraction of sp³-hybridized carbons (Fsp3) is 0.714. The molecule has 146 valence electrons. The van der Waals surface area contributed by atoms with Crippen LogP contribution in [0.5, 0.6) is 0 Å². The number of carbonyl (C=O) groups excluding carboxylic acids is 2. The predicted octanol–water partition coefficient (Wildman–Crippen LogP) is 3.02. The van der Waals surface area contributed by atoms with Crippen LogP contribution in [0.2, 0.25) is 0 Å². The van der Waals surface area contributed by atoms with Crippen molar-refractivity contribution in [1.82, 2.24) is 19.8 Å². The molecule has 3 heterocycles. The lowest BCUT2D eigenvalue weighted by Crippen LogP contribution is -2.39. The SMILES string of the molecule is CC(=O)N1CCCC[C@@H]1c1ncc2c(n1)CCN(C(=O)CC1CCCC1)C2. The topological polar surface area (TPSA) is 66.4 Å². The van der Waals surface area contributed by atoms with E-state index in [1.165, 1.54) is 25.7 Å². The molecule has 0 N–H and O–H groups in total. The van der Waals surface area contributed by atoms with Gasteiger partial charge in [-0.15, -0.1) is 0 Å². The van der Waals surface area contributed by atoms with Gasteiger partial charge in [0.25, 0.3) is 0 Å². The molecule has 4 rings (SSSR count). The van der Waals surface area contributed by atoms with Crippen molar-refractivity contribution in [1.29, 1.82) is 0 Å². The van der Waals surface area contributed by atoms with Gasteiger partial charge >= 0.3 is 0 Å². The number of piperidine rings is 1. The Morgan fingerprint density at radius 1 is 1.11 bits per heavy atom. The van der Waals surface area contributed by atoms with Crippen LogP contribution in [0.15, 0.2) is 6.20 Å². The fourth-order valence-electron chi connectivity index (χ4n) is 4.87. The van der Waals surface area contributed by atoms with Crippen LogP contribution in [0.3, 0.4) is 0 Å². The van der Waals surface area contributed by atoms with E-state index in [0.717, 1.165) is 55.9 Å². The molecule has 1 saturated heterocycles. The van der Waals surface area contributed by atoms with Crippen molar-refractivity contribution in [2.45, 2.75) is 77.3 Å². The number of rotatable bonds is 3. The van der Waals surface area contributed by atoms with E-state index in [1.807, 2.05) is 16.0 Å². The van der Waals surface area contributed by atoms with E-state index in [1.54, 1.807) is 6.92 Å². The third-order valence-corrected chi connectivity index (χ3v) is 6.45. The molecule has 1 aliphatic carbocycles. The maximum Gasteiger partial charge on any atom is 0.223 e. The molecule has 2 aliphatic heterocycles. The summed E-state index contributed by atoms with van der Waals surface area (Å²) < 4.78 is 0. The van der Waals surface area contributed by atoms with Crippen molar-refractivity contribution < 1.29 is 9.59 Å². The van der Waals surface area contributed by atoms with E-state index in [-0.39, 0.29) is 17.9 Å². The largest absolute Gasteiger partial charge is 0.338 e. The number of aromatic nitrogens is 2. The van der Waals surface area contributed by atoms with Gasteiger partial charge < -0.3 is 9.80 Å². The molecule has 3 aliphatic rings. The van der Waals surface area contributed by atoms with Crippen molar-refractivity contribution in [2.24, 2.45) is 5.92 Å². The van der Waals surface area contributed by atoms with Crippen molar-refractivity contribution in [3.8, 4) is 0 Å². The second-order valence-corrected chi connectivity index (χ2v) is 8.34. The zero-order valence-electron chi connectivity index (χ0n) is 16.3. The molecule has 0 aromatic carbocycles. The molecule has 1 saturated carbocycles. The summed E-state index contributed by atoms with van der Waals surface area (Å²) in [4.78, 5) is 37.9. The summed E-state index contributed by atoms with van der Waals surface area (Å²) in [5, 5.41) is 0. The van der Waals surface area contributed by atoms with E-state index < -0.39 is 0 Å². The lowest BCUT2D eigenvalue weighted by atomic mass is 9.99. The maximum atomic E-state index is 12.6. The first-order valence-corrected chi connectivity index (χ1v) is 10.5. The predicted molar refractivity (Wildman–Crippen MR) is 102 cm³/mol. The molecule has 0 bridgehead atoms. The Bertz CT molecular complexity index is 714. The van der Waals surface area contributed by atoms with E-state index >= 15 is 0 Å². The third kappa shape index (κ3) is 3.99. The highest BCUT2D eigenvalue weighted by atomic mass is 16.2. The van der Waals surface area contributed by atoms with Gasteiger partial charge in [0.2, 0.25) is 11.8 Å². The Kier molecular flexibility index (Phi) is 5.41. The summed E-state index contributed by atoms with van der Waals surface area (Å²) in [5.41, 5.74) is 2.12. The van der Waals surface area contributed by atoms with Crippen molar-refractivity contribution in [2.75, 3.05) is 13.1 Å². The summed E-state index contributed by atoms with van der Waals surface area (Å²) in [5.74, 6) is 1.74. The molecule has 1 atom stereocenters. The van der Waals surface area contributed by atoms with Gasteiger partial charge in [0.1, 0.15) is 0 Å². The summed E-state index contributed by atoms with van der Waals surface area (Å²) in [6.07, 6.45) is 11.4. The minimum Gasteiger partial charge on any atom is -0.338 e. The van der Waals surface area contributed by atoms with Crippen LogP contribution in [0.25, 0.3) is 0 Å². The van der Waals surface area contributed by atoms with Gasteiger partial charge in [0.05, 0.1) is 11.7 Å². The standard InChI is InChI=1S/C21H30N4O2/c1-15(26)25-10-5-4-8-19(25)21-22-13-17-14-24(11-9-18(17)23-21)20(27)12-16-6-2-3-7-16/h13,16,19H,2-12,14H2,1H3/t19-/m1/s1. The minimum atomic E-state index is 0.00331. The number of nitrogens with zero attached hydrogens (tertiary/aromatic N) is 4. The molecule has 6 nitrogen and oxygen atoms in total. The van der Waals surface area contributed by atoms with Gasteiger partial charge in [0, 0.05) is 51.2 Å². The third-order valence-electron chi connectivity index (χ3n) is 6.45. The molecular weight excluding hydrogens is 340 g/mol. The van der Waals surface area contributed by atoms with Crippen molar-refractivity contribution in [3.63, 3.8) is 0 Å². The number of hydrogen-bond acceptors (Lipinski definition) is 4. The van der Waals surface area contributed by atoms with Crippen molar-refractivity contribution in [3.05, 3.63) is 23.3 Å². The average Bonchev–Trinajstić information content (AvgIpc) is 3.20. The lowest BCUT2D eigenvalue weighted by Gasteiger charge is -2.35. The Labute approximate surface area is 161 Å². The number of carbonyl (C=O) groups is 2. The van der Waals surface area contributed by atoms with Crippen LogP contribution in [-0.2, 0) is 22.6 Å². The highest BCUT2D eigenvalue weighted by molar-refractivity contribution is 5.76. The lowest BCUT2D eigenvalue weighted by molar-refractivity contribution is -0.134. The Morgan fingerprint density at radius 2 is 1.89 bits per heavy atom. The number of likely N-dealkylation sites (tertiary alicyclic amines) is 1. The zero-order valence-corrected chi connectivity index (χ0v) is 16.3. The van der Waals surface area contributed by atoms with E-state index in [2.05, 4.69) is 4.98 Å². The zero-order chi connectivity index (χ0) is 18.8. The Morgan fingerprint density at radius 3 is 2.67 bits per heavy atom. The first kappa shape index (κ1) is 18.4. The van der Waals surface area contributed by atoms with Gasteiger partial charge in [-0.25, -0.2) is 9.97 Å². The maximum absolute atomic E-state index is 12.6. The summed E-state index contributed by atoms with van der Waals surface area (Å²) in [7, 11) is 0. The van der Waals surface area contributed by atoms with Crippen LogP contribution in [0.1, 0.15) is 81.4 Å². The summed E-state index contributed by atoms with van der Waals surface area (Å²) >= 11 is 0. The molecule has 0 radical (unpaired) electrons. The van der Waals surface area contributed by atoms with Crippen molar-refractivity contribution >= 4 is 11.8 Å².